The minimum absolute atomic E-state index is 0.00546. The molecule has 1 aliphatic carbocycles. The molecule has 1 N–H and O–H groups in total. The molecule has 1 heterocycles. The number of carbonyl (C=O) groups is 2. The molecule has 35 heavy (non-hydrogen) atoms. The van der Waals surface area contributed by atoms with E-state index in [9.17, 15) is 14.4 Å². The summed E-state index contributed by atoms with van der Waals surface area (Å²) in [5.41, 5.74) is 2.53. The van der Waals surface area contributed by atoms with Crippen LogP contribution in [0.15, 0.2) is 51.7 Å². The first kappa shape index (κ1) is 24.5. The highest BCUT2D eigenvalue weighted by Gasteiger charge is 2.23. The van der Waals surface area contributed by atoms with Crippen molar-refractivity contribution < 1.29 is 18.7 Å². The van der Waals surface area contributed by atoms with Crippen LogP contribution in [-0.4, -0.2) is 36.9 Å². The number of nitrogens with zero attached hydrogens (tertiary/aromatic N) is 1. The summed E-state index contributed by atoms with van der Waals surface area (Å²) in [7, 11) is 3.43. The molecular weight excluding hydrogens is 444 g/mol. The number of nitrogens with one attached hydrogen (secondary N) is 1. The van der Waals surface area contributed by atoms with E-state index in [0.29, 0.717) is 34.2 Å². The van der Waals surface area contributed by atoms with Crippen molar-refractivity contribution in [3.8, 4) is 5.75 Å². The van der Waals surface area contributed by atoms with Crippen LogP contribution < -0.4 is 15.7 Å². The van der Waals surface area contributed by atoms with Gasteiger partial charge in [-0.05, 0) is 68.1 Å². The zero-order valence-electron chi connectivity index (χ0n) is 20.6. The fraction of sp³-hybridized carbons (Fsp3) is 0.393. The van der Waals surface area contributed by atoms with Crippen LogP contribution in [0, 0.1) is 6.92 Å². The Hall–Kier alpha value is -3.61. The lowest BCUT2D eigenvalue weighted by atomic mass is 9.94. The molecule has 7 nitrogen and oxygen atoms in total. The summed E-state index contributed by atoms with van der Waals surface area (Å²) in [6, 6.07) is 12.6. The summed E-state index contributed by atoms with van der Waals surface area (Å²) in [6.07, 6.45) is 6.10. The second-order valence-corrected chi connectivity index (χ2v) is 9.19. The highest BCUT2D eigenvalue weighted by molar-refractivity contribution is 5.96. The van der Waals surface area contributed by atoms with Gasteiger partial charge in [0.25, 0.3) is 5.91 Å². The van der Waals surface area contributed by atoms with Crippen molar-refractivity contribution in [3.63, 3.8) is 0 Å². The van der Waals surface area contributed by atoms with Crippen molar-refractivity contribution in [3.05, 3.63) is 69.6 Å². The zero-order chi connectivity index (χ0) is 24.9. The number of benzene rings is 2. The zero-order valence-corrected chi connectivity index (χ0v) is 20.6. The largest absolute Gasteiger partial charge is 0.497 e. The Morgan fingerprint density at radius 1 is 1.09 bits per heavy atom. The smallest absolute Gasteiger partial charge is 0.339 e. The lowest BCUT2D eigenvalue weighted by Crippen LogP contribution is -2.38. The molecule has 7 heteroatoms. The molecule has 4 rings (SSSR count). The van der Waals surface area contributed by atoms with Crippen LogP contribution in [0.4, 0.5) is 5.69 Å². The van der Waals surface area contributed by atoms with Crippen LogP contribution in [-0.2, 0) is 11.2 Å². The van der Waals surface area contributed by atoms with Crippen LogP contribution >= 0.6 is 0 Å². The molecule has 0 radical (unpaired) electrons. The van der Waals surface area contributed by atoms with E-state index in [2.05, 4.69) is 5.32 Å². The number of amides is 2. The first-order chi connectivity index (χ1) is 16.9. The topological polar surface area (TPSA) is 88.9 Å². The number of rotatable bonds is 7. The van der Waals surface area contributed by atoms with Crippen LogP contribution in [0.1, 0.15) is 60.0 Å². The maximum absolute atomic E-state index is 12.8. The van der Waals surface area contributed by atoms with Crippen LogP contribution in [0.3, 0.4) is 0 Å². The minimum Gasteiger partial charge on any atom is -0.497 e. The van der Waals surface area contributed by atoms with Crippen molar-refractivity contribution in [1.82, 2.24) is 4.90 Å². The number of fused-ring (bicyclic) bond motifs is 1. The van der Waals surface area contributed by atoms with Crippen molar-refractivity contribution in [1.29, 1.82) is 0 Å². The van der Waals surface area contributed by atoms with Crippen LogP contribution in [0.25, 0.3) is 11.0 Å². The molecule has 1 aromatic heterocycles. The van der Waals surface area contributed by atoms with Gasteiger partial charge in [-0.1, -0.05) is 19.3 Å². The van der Waals surface area contributed by atoms with Gasteiger partial charge in [-0.25, -0.2) is 4.79 Å². The van der Waals surface area contributed by atoms with E-state index >= 15 is 0 Å². The normalized spacial score (nSPS) is 14.0. The molecule has 0 atom stereocenters. The average Bonchev–Trinajstić information content (AvgIpc) is 2.88. The molecule has 3 aromatic rings. The highest BCUT2D eigenvalue weighted by atomic mass is 16.5. The van der Waals surface area contributed by atoms with E-state index in [1.807, 2.05) is 31.0 Å². The van der Waals surface area contributed by atoms with Crippen molar-refractivity contribution in [2.45, 2.75) is 57.9 Å². The van der Waals surface area contributed by atoms with Gasteiger partial charge in [0.05, 0.1) is 7.11 Å². The molecule has 0 saturated heterocycles. The summed E-state index contributed by atoms with van der Waals surface area (Å²) < 4.78 is 10.7. The number of anilines is 1. The van der Waals surface area contributed by atoms with Crippen molar-refractivity contribution in [2.75, 3.05) is 19.5 Å². The SMILES string of the molecule is COc1ccc2c(C)c(CCC(=O)Nc3ccc(C(=O)N(C)C4CCCCC4)cc3)c(=O)oc2c1. The minimum atomic E-state index is -0.444. The fourth-order valence-corrected chi connectivity index (χ4v) is 4.79. The molecule has 2 amide bonds. The molecule has 2 aromatic carbocycles. The van der Waals surface area contributed by atoms with E-state index in [4.69, 9.17) is 9.15 Å². The average molecular weight is 477 g/mol. The molecule has 0 spiro atoms. The second kappa shape index (κ2) is 10.8. The van der Waals surface area contributed by atoms with Gasteiger partial charge in [-0.3, -0.25) is 9.59 Å². The molecule has 1 saturated carbocycles. The van der Waals surface area contributed by atoms with Gasteiger partial charge in [0.1, 0.15) is 11.3 Å². The third-order valence-corrected chi connectivity index (χ3v) is 6.95. The Balaban J connectivity index is 1.37. The molecule has 0 unspecified atom stereocenters. The monoisotopic (exact) mass is 476 g/mol. The Morgan fingerprint density at radius 3 is 2.49 bits per heavy atom. The molecule has 0 aliphatic heterocycles. The lowest BCUT2D eigenvalue weighted by Gasteiger charge is -2.31. The van der Waals surface area contributed by atoms with Gasteiger partial charge in [0.15, 0.2) is 0 Å². The quantitative estimate of drug-likeness (QED) is 0.480. The molecule has 1 fully saturated rings. The Labute approximate surface area is 205 Å². The molecule has 1 aliphatic rings. The predicted octanol–water partition coefficient (Wildman–Crippen LogP) is 5.09. The number of carbonyl (C=O) groups excluding carboxylic acids is 2. The predicted molar refractivity (Wildman–Crippen MR) is 136 cm³/mol. The van der Waals surface area contributed by atoms with Gasteiger partial charge in [-0.2, -0.15) is 0 Å². The second-order valence-electron chi connectivity index (χ2n) is 9.19. The Kier molecular flexibility index (Phi) is 7.54. The number of ether oxygens (including phenoxy) is 1. The van der Waals surface area contributed by atoms with E-state index < -0.39 is 5.63 Å². The van der Waals surface area contributed by atoms with E-state index in [1.54, 1.807) is 37.4 Å². The summed E-state index contributed by atoms with van der Waals surface area (Å²) in [5, 5.41) is 3.67. The van der Waals surface area contributed by atoms with Gasteiger partial charge in [0, 0.05) is 47.8 Å². The Morgan fingerprint density at radius 2 is 1.80 bits per heavy atom. The summed E-state index contributed by atoms with van der Waals surface area (Å²) in [6.45, 7) is 1.86. The van der Waals surface area contributed by atoms with Crippen LogP contribution in [0.5, 0.6) is 5.75 Å². The van der Waals surface area contributed by atoms with E-state index in [-0.39, 0.29) is 24.7 Å². The van der Waals surface area contributed by atoms with Crippen molar-refractivity contribution >= 4 is 28.5 Å². The molecule has 184 valence electrons. The number of hydrogen-bond acceptors (Lipinski definition) is 5. The fourth-order valence-electron chi connectivity index (χ4n) is 4.79. The standard InChI is InChI=1S/C28H32N2O5/c1-18-23-14-13-22(34-3)17-25(23)35-28(33)24(18)15-16-26(31)29-20-11-9-19(10-12-20)27(32)30(2)21-7-5-4-6-8-21/h9-14,17,21H,4-8,15-16H2,1-3H3,(H,29,31). The van der Waals surface area contributed by atoms with Crippen LogP contribution in [0.2, 0.25) is 0 Å². The molecule has 0 bridgehead atoms. The third-order valence-electron chi connectivity index (χ3n) is 6.95. The van der Waals surface area contributed by atoms with Gasteiger partial charge in [-0.15, -0.1) is 0 Å². The number of aryl methyl sites for hydroxylation is 1. The van der Waals surface area contributed by atoms with Gasteiger partial charge >= 0.3 is 5.63 Å². The summed E-state index contributed by atoms with van der Waals surface area (Å²) in [4.78, 5) is 39.7. The van der Waals surface area contributed by atoms with E-state index in [0.717, 1.165) is 23.8 Å². The number of methoxy groups -OCH3 is 1. The maximum Gasteiger partial charge on any atom is 0.339 e. The lowest BCUT2D eigenvalue weighted by molar-refractivity contribution is -0.116. The maximum atomic E-state index is 12.8. The highest BCUT2D eigenvalue weighted by Crippen LogP contribution is 2.25. The van der Waals surface area contributed by atoms with Gasteiger partial charge in [0.2, 0.25) is 5.91 Å². The van der Waals surface area contributed by atoms with Gasteiger partial charge < -0.3 is 19.4 Å². The van der Waals surface area contributed by atoms with E-state index in [1.165, 1.54) is 19.3 Å². The summed E-state index contributed by atoms with van der Waals surface area (Å²) in [5.74, 6) is 0.406. The first-order valence-corrected chi connectivity index (χ1v) is 12.1. The number of hydrogen-bond donors (Lipinski definition) is 1. The third kappa shape index (κ3) is 5.56. The van der Waals surface area contributed by atoms with Crippen molar-refractivity contribution in [2.24, 2.45) is 0 Å². The molecular formula is C28H32N2O5. The Bertz CT molecular complexity index is 1270. The first-order valence-electron chi connectivity index (χ1n) is 12.1. The summed E-state index contributed by atoms with van der Waals surface area (Å²) >= 11 is 0.